The Morgan fingerprint density at radius 3 is 2.50 bits per heavy atom. The first-order chi connectivity index (χ1) is 6.47. The first kappa shape index (κ1) is 12.4. The quantitative estimate of drug-likeness (QED) is 0.535. The van der Waals surface area contributed by atoms with Crippen molar-refractivity contribution in [1.82, 2.24) is 0 Å². The summed E-state index contributed by atoms with van der Waals surface area (Å²) in [6, 6.07) is 0. The van der Waals surface area contributed by atoms with Crippen LogP contribution < -0.4 is 0 Å². The fraction of sp³-hybridized carbons (Fsp3) is 0.400. The van der Waals surface area contributed by atoms with Crippen LogP contribution in [0.5, 0.6) is 0 Å². The summed E-state index contributed by atoms with van der Waals surface area (Å²) in [5.74, 6) is -2.43. The number of carbonyl (C=O) groups excluding carboxylic acids is 1. The molecule has 78 valence electrons. The van der Waals surface area contributed by atoms with E-state index in [4.69, 9.17) is 5.11 Å². The van der Waals surface area contributed by atoms with Gasteiger partial charge in [-0.25, -0.2) is 0 Å². The number of rotatable bonds is 5. The van der Waals surface area contributed by atoms with E-state index in [0.29, 0.717) is 0 Å². The normalized spacial score (nSPS) is 12.4. The zero-order chi connectivity index (χ0) is 11.1. The molecule has 0 aromatic rings. The van der Waals surface area contributed by atoms with Crippen molar-refractivity contribution in [1.29, 1.82) is 0 Å². The van der Waals surface area contributed by atoms with Gasteiger partial charge in [-0.15, -0.1) is 0 Å². The minimum absolute atomic E-state index is 0.157. The molecule has 1 N–H and O–H groups in total. The first-order valence-electron chi connectivity index (χ1n) is 4.10. The van der Waals surface area contributed by atoms with E-state index in [1.54, 1.807) is 13.0 Å². The summed E-state index contributed by atoms with van der Waals surface area (Å²) >= 11 is 0. The molecule has 0 fully saturated rings. The number of ether oxygens (including phenoxy) is 1. The van der Waals surface area contributed by atoms with Gasteiger partial charge < -0.3 is 9.84 Å². The number of hydrogen-bond acceptors (Lipinski definition) is 3. The smallest absolute Gasteiger partial charge is 0.310 e. The van der Waals surface area contributed by atoms with Crippen LogP contribution in [0.1, 0.15) is 13.3 Å². The first-order valence-corrected chi connectivity index (χ1v) is 4.10. The zero-order valence-corrected chi connectivity index (χ0v) is 8.32. The van der Waals surface area contributed by atoms with Gasteiger partial charge in [0, 0.05) is 0 Å². The molecule has 0 aliphatic rings. The number of hydrogen-bond donors (Lipinski definition) is 1. The van der Waals surface area contributed by atoms with Crippen molar-refractivity contribution in [3.8, 4) is 0 Å². The maximum Gasteiger partial charge on any atom is 0.310 e. The predicted octanol–water partition coefficient (Wildman–Crippen LogP) is 1.38. The van der Waals surface area contributed by atoms with Crippen molar-refractivity contribution >= 4 is 11.9 Å². The minimum atomic E-state index is -1.05. The van der Waals surface area contributed by atoms with E-state index in [9.17, 15) is 9.59 Å². The fourth-order valence-corrected chi connectivity index (χ4v) is 0.781. The predicted molar refractivity (Wildman–Crippen MR) is 51.7 cm³/mol. The second-order valence-corrected chi connectivity index (χ2v) is 2.93. The third kappa shape index (κ3) is 5.13. The summed E-state index contributed by atoms with van der Waals surface area (Å²) in [4.78, 5) is 21.5. The summed E-state index contributed by atoms with van der Waals surface area (Å²) in [6.45, 7) is 5.33. The lowest BCUT2D eigenvalue weighted by Gasteiger charge is -2.05. The second kappa shape index (κ2) is 5.96. The Morgan fingerprint density at radius 2 is 2.14 bits per heavy atom. The lowest BCUT2D eigenvalue weighted by Crippen LogP contribution is -2.16. The highest BCUT2D eigenvalue weighted by Crippen LogP contribution is 2.08. The molecule has 0 radical (unpaired) electrons. The molecule has 0 saturated heterocycles. The Kier molecular flexibility index (Phi) is 5.29. The van der Waals surface area contributed by atoms with Crippen molar-refractivity contribution in [3.63, 3.8) is 0 Å². The Balaban J connectivity index is 4.38. The fourth-order valence-electron chi connectivity index (χ4n) is 0.781. The Hall–Kier alpha value is -1.58. The highest BCUT2D eigenvalue weighted by molar-refractivity contribution is 5.80. The van der Waals surface area contributed by atoms with E-state index < -0.39 is 17.9 Å². The minimum Gasteiger partial charge on any atom is -0.481 e. The standard InChI is InChI=1S/C10H14O4/c1-7(2)4-5-8(10(12)13)6-9(11)14-3/h4-5,8H,1,6H2,2-3H3,(H,12,13)/b5-4+. The summed E-state index contributed by atoms with van der Waals surface area (Å²) in [5, 5.41) is 8.74. The molecule has 4 heteroatoms. The monoisotopic (exact) mass is 198 g/mol. The van der Waals surface area contributed by atoms with E-state index in [1.807, 2.05) is 0 Å². The van der Waals surface area contributed by atoms with E-state index in [2.05, 4.69) is 11.3 Å². The van der Waals surface area contributed by atoms with Crippen molar-refractivity contribution in [2.45, 2.75) is 13.3 Å². The van der Waals surface area contributed by atoms with Crippen molar-refractivity contribution in [2.75, 3.05) is 7.11 Å². The van der Waals surface area contributed by atoms with Gasteiger partial charge in [-0.05, 0) is 6.92 Å². The number of allylic oxidation sites excluding steroid dienone is 2. The largest absolute Gasteiger partial charge is 0.481 e. The summed E-state index contributed by atoms with van der Waals surface area (Å²) in [5.41, 5.74) is 0.737. The molecule has 0 bridgehead atoms. The van der Waals surface area contributed by atoms with Crippen LogP contribution in [-0.2, 0) is 14.3 Å². The van der Waals surface area contributed by atoms with Gasteiger partial charge in [-0.3, -0.25) is 9.59 Å². The highest BCUT2D eigenvalue weighted by Gasteiger charge is 2.18. The van der Waals surface area contributed by atoms with Crippen LogP contribution in [-0.4, -0.2) is 24.2 Å². The van der Waals surface area contributed by atoms with Crippen LogP contribution >= 0.6 is 0 Å². The van der Waals surface area contributed by atoms with Crippen molar-refractivity contribution in [2.24, 2.45) is 5.92 Å². The van der Waals surface area contributed by atoms with Crippen molar-refractivity contribution < 1.29 is 19.4 Å². The van der Waals surface area contributed by atoms with Gasteiger partial charge in [0.05, 0.1) is 19.4 Å². The van der Waals surface area contributed by atoms with Gasteiger partial charge in [0.25, 0.3) is 0 Å². The molecule has 0 aromatic heterocycles. The van der Waals surface area contributed by atoms with E-state index in [-0.39, 0.29) is 6.42 Å². The van der Waals surface area contributed by atoms with Gasteiger partial charge in [0.15, 0.2) is 0 Å². The van der Waals surface area contributed by atoms with Crippen LogP contribution in [0.4, 0.5) is 0 Å². The number of methoxy groups -OCH3 is 1. The maximum absolute atomic E-state index is 10.8. The second-order valence-electron chi connectivity index (χ2n) is 2.93. The van der Waals surface area contributed by atoms with E-state index >= 15 is 0 Å². The third-order valence-corrected chi connectivity index (χ3v) is 1.54. The van der Waals surface area contributed by atoms with Crippen LogP contribution in [0.25, 0.3) is 0 Å². The third-order valence-electron chi connectivity index (χ3n) is 1.54. The topological polar surface area (TPSA) is 63.6 Å². The highest BCUT2D eigenvalue weighted by atomic mass is 16.5. The molecule has 0 aliphatic carbocycles. The number of carboxylic acids is 1. The molecule has 1 unspecified atom stereocenters. The average Bonchev–Trinajstić information content (AvgIpc) is 2.10. The Morgan fingerprint density at radius 1 is 1.57 bits per heavy atom. The van der Waals surface area contributed by atoms with Gasteiger partial charge in [0.1, 0.15) is 0 Å². The molecule has 0 heterocycles. The van der Waals surface area contributed by atoms with Crippen molar-refractivity contribution in [3.05, 3.63) is 24.3 Å². The van der Waals surface area contributed by atoms with Crippen LogP contribution in [0, 0.1) is 5.92 Å². The van der Waals surface area contributed by atoms with E-state index in [1.165, 1.54) is 13.2 Å². The number of aliphatic carboxylic acids is 1. The average molecular weight is 198 g/mol. The number of esters is 1. The lowest BCUT2D eigenvalue weighted by molar-refractivity contribution is -0.148. The number of carbonyl (C=O) groups is 2. The SMILES string of the molecule is C=C(C)/C=C/C(CC(=O)OC)C(=O)O. The molecular weight excluding hydrogens is 184 g/mol. The van der Waals surface area contributed by atoms with Gasteiger partial charge >= 0.3 is 11.9 Å². The Labute approximate surface area is 82.9 Å². The molecule has 0 saturated carbocycles. The maximum atomic E-state index is 10.8. The molecular formula is C10H14O4. The van der Waals surface area contributed by atoms with Gasteiger partial charge in [0.2, 0.25) is 0 Å². The lowest BCUT2D eigenvalue weighted by atomic mass is 10.0. The van der Waals surface area contributed by atoms with Gasteiger partial charge in [-0.1, -0.05) is 24.3 Å². The summed E-state index contributed by atoms with van der Waals surface area (Å²) in [7, 11) is 1.23. The van der Waals surface area contributed by atoms with Crippen LogP contribution in [0.15, 0.2) is 24.3 Å². The van der Waals surface area contributed by atoms with E-state index in [0.717, 1.165) is 5.57 Å². The molecule has 1 atom stereocenters. The van der Waals surface area contributed by atoms with Crippen LogP contribution in [0.2, 0.25) is 0 Å². The molecule has 0 aromatic carbocycles. The zero-order valence-electron chi connectivity index (χ0n) is 8.32. The number of carboxylic acid groups (broad SMARTS) is 1. The summed E-state index contributed by atoms with van der Waals surface area (Å²) in [6.07, 6.45) is 2.85. The van der Waals surface area contributed by atoms with Gasteiger partial charge in [-0.2, -0.15) is 0 Å². The molecule has 14 heavy (non-hydrogen) atoms. The molecule has 0 rings (SSSR count). The Bertz CT molecular complexity index is 265. The molecule has 0 spiro atoms. The summed E-state index contributed by atoms with van der Waals surface area (Å²) < 4.78 is 4.38. The molecule has 0 amide bonds. The molecule has 0 aliphatic heterocycles. The van der Waals surface area contributed by atoms with Crippen LogP contribution in [0.3, 0.4) is 0 Å². The molecule has 4 nitrogen and oxygen atoms in total.